The summed E-state index contributed by atoms with van der Waals surface area (Å²) in [4.78, 5) is 24.0. The highest BCUT2D eigenvalue weighted by molar-refractivity contribution is 6.35. The molecular formula is C19H14Cl2O5. The van der Waals surface area contributed by atoms with Gasteiger partial charge in [-0.3, -0.25) is 4.79 Å². The smallest absolute Gasteiger partial charge is 0.331 e. The maximum atomic E-state index is 12.2. The maximum Gasteiger partial charge on any atom is 0.331 e. The van der Waals surface area contributed by atoms with E-state index in [2.05, 4.69) is 0 Å². The molecule has 0 fully saturated rings. The first-order chi connectivity index (χ1) is 12.5. The lowest BCUT2D eigenvalue weighted by molar-refractivity contribution is -0.136. The Balaban J connectivity index is 1.57. The zero-order valence-corrected chi connectivity index (χ0v) is 15.0. The normalized spacial score (nSPS) is 12.8. The van der Waals surface area contributed by atoms with Gasteiger partial charge in [0.1, 0.15) is 13.2 Å². The van der Waals surface area contributed by atoms with Crippen molar-refractivity contribution in [3.05, 3.63) is 63.6 Å². The number of carbonyl (C=O) groups is 2. The van der Waals surface area contributed by atoms with E-state index in [1.165, 1.54) is 12.2 Å². The molecule has 1 aliphatic rings. The molecule has 0 amide bonds. The molecule has 1 heterocycles. The van der Waals surface area contributed by atoms with E-state index in [-0.39, 0.29) is 12.4 Å². The van der Waals surface area contributed by atoms with Crippen molar-refractivity contribution in [2.75, 3.05) is 19.8 Å². The van der Waals surface area contributed by atoms with Gasteiger partial charge < -0.3 is 14.2 Å². The van der Waals surface area contributed by atoms with Crippen LogP contribution < -0.4 is 9.47 Å². The summed E-state index contributed by atoms with van der Waals surface area (Å²) < 4.78 is 15.8. The summed E-state index contributed by atoms with van der Waals surface area (Å²) in [5.74, 6) is 0.105. The van der Waals surface area contributed by atoms with Gasteiger partial charge in [-0.1, -0.05) is 29.3 Å². The van der Waals surface area contributed by atoms with Crippen molar-refractivity contribution in [3.8, 4) is 11.5 Å². The van der Waals surface area contributed by atoms with Crippen molar-refractivity contribution < 1.29 is 23.8 Å². The van der Waals surface area contributed by atoms with Crippen LogP contribution in [0.5, 0.6) is 11.5 Å². The Morgan fingerprint density at radius 1 is 1.04 bits per heavy atom. The summed E-state index contributed by atoms with van der Waals surface area (Å²) in [5.41, 5.74) is 0.998. The van der Waals surface area contributed by atoms with Gasteiger partial charge in [0.25, 0.3) is 0 Å². The fourth-order valence-electron chi connectivity index (χ4n) is 2.28. The van der Waals surface area contributed by atoms with Crippen LogP contribution in [0, 0.1) is 0 Å². The number of fused-ring (bicyclic) bond motifs is 1. The second kappa shape index (κ2) is 8.25. The van der Waals surface area contributed by atoms with Gasteiger partial charge in [-0.25, -0.2) is 4.79 Å². The van der Waals surface area contributed by atoms with Gasteiger partial charge in [-0.05, 0) is 42.0 Å². The first-order valence-electron chi connectivity index (χ1n) is 7.75. The second-order valence-electron chi connectivity index (χ2n) is 5.39. The molecule has 0 N–H and O–H groups in total. The van der Waals surface area contributed by atoms with Gasteiger partial charge in [-0.2, -0.15) is 0 Å². The van der Waals surface area contributed by atoms with E-state index < -0.39 is 5.97 Å². The van der Waals surface area contributed by atoms with Crippen LogP contribution in [0.4, 0.5) is 0 Å². The molecule has 7 heteroatoms. The number of benzene rings is 2. The molecule has 0 saturated heterocycles. The highest BCUT2D eigenvalue weighted by atomic mass is 35.5. The summed E-state index contributed by atoms with van der Waals surface area (Å²) in [5, 5.41) is 0.911. The van der Waals surface area contributed by atoms with E-state index in [9.17, 15) is 9.59 Å². The standard InChI is InChI=1S/C19H14Cl2O5/c20-14-4-1-12(15(21)10-14)3-6-19(23)26-11-16(22)13-2-5-17-18(9-13)25-8-7-24-17/h1-6,9-10H,7-8,11H2/b6-3+. The Bertz CT molecular complexity index is 876. The van der Waals surface area contributed by atoms with Crippen molar-refractivity contribution in [1.82, 2.24) is 0 Å². The highest BCUT2D eigenvalue weighted by Gasteiger charge is 2.15. The third-order valence-corrected chi connectivity index (χ3v) is 4.13. The van der Waals surface area contributed by atoms with Gasteiger partial charge in [0.15, 0.2) is 23.9 Å². The van der Waals surface area contributed by atoms with Crippen molar-refractivity contribution in [2.24, 2.45) is 0 Å². The number of ether oxygens (including phenoxy) is 3. The number of carbonyl (C=O) groups excluding carboxylic acids is 2. The molecule has 0 bridgehead atoms. The average Bonchev–Trinajstić information content (AvgIpc) is 2.65. The maximum absolute atomic E-state index is 12.2. The van der Waals surface area contributed by atoms with Crippen LogP contribution in [-0.4, -0.2) is 31.6 Å². The van der Waals surface area contributed by atoms with E-state index in [1.807, 2.05) is 0 Å². The number of Topliss-reactive ketones (excluding diaryl/α,β-unsaturated/α-hetero) is 1. The zero-order valence-electron chi connectivity index (χ0n) is 13.5. The second-order valence-corrected chi connectivity index (χ2v) is 6.23. The van der Waals surface area contributed by atoms with Gasteiger partial charge in [0.05, 0.1) is 0 Å². The average molecular weight is 393 g/mol. The topological polar surface area (TPSA) is 61.8 Å². The molecule has 134 valence electrons. The van der Waals surface area contributed by atoms with Crippen molar-refractivity contribution in [1.29, 1.82) is 0 Å². The monoisotopic (exact) mass is 392 g/mol. The summed E-state index contributed by atoms with van der Waals surface area (Å²) in [7, 11) is 0. The number of rotatable bonds is 5. The van der Waals surface area contributed by atoms with E-state index in [4.69, 9.17) is 37.4 Å². The Labute approximate surface area is 160 Å². The van der Waals surface area contributed by atoms with Gasteiger partial charge in [0, 0.05) is 21.7 Å². The van der Waals surface area contributed by atoms with E-state index >= 15 is 0 Å². The lowest BCUT2D eigenvalue weighted by Gasteiger charge is -2.18. The number of hydrogen-bond acceptors (Lipinski definition) is 5. The van der Waals surface area contributed by atoms with Crippen LogP contribution in [0.2, 0.25) is 10.0 Å². The van der Waals surface area contributed by atoms with Crippen LogP contribution in [0.25, 0.3) is 6.08 Å². The summed E-state index contributed by atoms with van der Waals surface area (Å²) in [6.07, 6.45) is 2.70. The Hall–Kier alpha value is -2.50. The van der Waals surface area contributed by atoms with E-state index in [0.29, 0.717) is 45.9 Å². The molecular weight excluding hydrogens is 379 g/mol. The van der Waals surface area contributed by atoms with Crippen molar-refractivity contribution >= 4 is 41.0 Å². The molecule has 3 rings (SSSR count). The molecule has 0 saturated carbocycles. The third-order valence-electron chi connectivity index (χ3n) is 3.57. The Morgan fingerprint density at radius 3 is 2.58 bits per heavy atom. The molecule has 2 aromatic rings. The Kier molecular flexibility index (Phi) is 5.81. The first-order valence-corrected chi connectivity index (χ1v) is 8.51. The number of esters is 1. The van der Waals surface area contributed by atoms with Crippen molar-refractivity contribution in [2.45, 2.75) is 0 Å². The Morgan fingerprint density at radius 2 is 1.81 bits per heavy atom. The molecule has 0 spiro atoms. The minimum atomic E-state index is -0.651. The molecule has 0 aliphatic carbocycles. The molecule has 0 unspecified atom stereocenters. The highest BCUT2D eigenvalue weighted by Crippen LogP contribution is 2.30. The predicted octanol–water partition coefficient (Wildman–Crippen LogP) is 4.20. The number of ketones is 1. The van der Waals surface area contributed by atoms with Crippen LogP contribution in [0.15, 0.2) is 42.5 Å². The van der Waals surface area contributed by atoms with Crippen molar-refractivity contribution in [3.63, 3.8) is 0 Å². The quantitative estimate of drug-likeness (QED) is 0.433. The lowest BCUT2D eigenvalue weighted by Crippen LogP contribution is -2.17. The molecule has 5 nitrogen and oxygen atoms in total. The summed E-state index contributed by atoms with van der Waals surface area (Å²) in [6.45, 7) is 0.525. The number of hydrogen-bond donors (Lipinski definition) is 0. The van der Waals surface area contributed by atoms with Gasteiger partial charge >= 0.3 is 5.97 Å². The molecule has 0 aromatic heterocycles. The van der Waals surface area contributed by atoms with Crippen LogP contribution >= 0.6 is 23.2 Å². The minimum absolute atomic E-state index is 0.340. The molecule has 1 aliphatic heterocycles. The zero-order chi connectivity index (χ0) is 18.5. The van der Waals surface area contributed by atoms with E-state index in [0.717, 1.165) is 0 Å². The fraction of sp³-hybridized carbons (Fsp3) is 0.158. The minimum Gasteiger partial charge on any atom is -0.486 e. The molecule has 0 radical (unpaired) electrons. The van der Waals surface area contributed by atoms with Crippen LogP contribution in [-0.2, 0) is 9.53 Å². The van der Waals surface area contributed by atoms with E-state index in [1.54, 1.807) is 36.4 Å². The molecule has 2 aromatic carbocycles. The number of halogens is 2. The lowest BCUT2D eigenvalue weighted by atomic mass is 10.1. The molecule has 26 heavy (non-hydrogen) atoms. The summed E-state index contributed by atoms with van der Waals surface area (Å²) >= 11 is 11.8. The SMILES string of the molecule is O=C(/C=C/c1ccc(Cl)cc1Cl)OCC(=O)c1ccc2c(c1)OCCO2. The molecule has 0 atom stereocenters. The predicted molar refractivity (Wildman–Crippen MR) is 98.2 cm³/mol. The fourth-order valence-corrected chi connectivity index (χ4v) is 2.75. The largest absolute Gasteiger partial charge is 0.486 e. The summed E-state index contributed by atoms with van der Waals surface area (Å²) in [6, 6.07) is 9.74. The van der Waals surface area contributed by atoms with Crippen LogP contribution in [0.1, 0.15) is 15.9 Å². The third kappa shape index (κ3) is 4.56. The van der Waals surface area contributed by atoms with Gasteiger partial charge in [0.2, 0.25) is 0 Å². The van der Waals surface area contributed by atoms with Crippen LogP contribution in [0.3, 0.4) is 0 Å². The van der Waals surface area contributed by atoms with Gasteiger partial charge in [-0.15, -0.1) is 0 Å². The first kappa shape index (κ1) is 18.3.